The first kappa shape index (κ1) is 13.3. The zero-order valence-electron chi connectivity index (χ0n) is 10.9. The van der Waals surface area contributed by atoms with Gasteiger partial charge in [-0.3, -0.25) is 9.59 Å². The average molecular weight is 254 g/mol. The lowest BCUT2D eigenvalue weighted by Crippen LogP contribution is -2.42. The van der Waals surface area contributed by atoms with Crippen molar-refractivity contribution in [3.8, 4) is 0 Å². The van der Waals surface area contributed by atoms with Crippen molar-refractivity contribution < 1.29 is 14.7 Å². The van der Waals surface area contributed by atoms with Crippen LogP contribution in [0.25, 0.3) is 0 Å². The van der Waals surface area contributed by atoms with E-state index in [2.05, 4.69) is 0 Å². The molecule has 0 aromatic rings. The number of likely N-dealkylation sites (tertiary alicyclic amines) is 1. The van der Waals surface area contributed by atoms with E-state index in [1.54, 1.807) is 4.90 Å². The fraction of sp³-hybridized carbons (Fsp3) is 0.846. The van der Waals surface area contributed by atoms with Gasteiger partial charge in [0.05, 0.1) is 10.8 Å². The molecule has 1 aliphatic heterocycles. The fourth-order valence-corrected chi connectivity index (χ4v) is 3.00. The van der Waals surface area contributed by atoms with E-state index >= 15 is 0 Å². The number of carbonyl (C=O) groups excluding carboxylic acids is 1. The first-order valence-corrected chi connectivity index (χ1v) is 6.72. The number of nitrogens with two attached hydrogens (primary N) is 1. The molecule has 2 fully saturated rings. The van der Waals surface area contributed by atoms with Crippen molar-refractivity contribution in [2.45, 2.75) is 39.0 Å². The summed E-state index contributed by atoms with van der Waals surface area (Å²) in [7, 11) is 0. The highest BCUT2D eigenvalue weighted by Crippen LogP contribution is 2.48. The van der Waals surface area contributed by atoms with Crippen molar-refractivity contribution in [1.82, 2.24) is 4.90 Å². The lowest BCUT2D eigenvalue weighted by atomic mass is 9.83. The van der Waals surface area contributed by atoms with Crippen LogP contribution in [0.15, 0.2) is 0 Å². The zero-order valence-corrected chi connectivity index (χ0v) is 10.9. The largest absolute Gasteiger partial charge is 0.481 e. The Morgan fingerprint density at radius 1 is 1.28 bits per heavy atom. The molecule has 2 aliphatic rings. The number of nitrogens with zero attached hydrogens (tertiary/aromatic N) is 1. The molecule has 1 saturated carbocycles. The maximum atomic E-state index is 12.3. The monoisotopic (exact) mass is 254 g/mol. The van der Waals surface area contributed by atoms with E-state index in [9.17, 15) is 14.7 Å². The number of carboxylic acids is 1. The molecule has 1 heterocycles. The molecule has 102 valence electrons. The van der Waals surface area contributed by atoms with Crippen LogP contribution in [0.3, 0.4) is 0 Å². The summed E-state index contributed by atoms with van der Waals surface area (Å²) in [5.41, 5.74) is 4.57. The fourth-order valence-electron chi connectivity index (χ4n) is 3.00. The quantitative estimate of drug-likeness (QED) is 0.761. The standard InChI is InChI=1S/C13H22N2O3/c1-2-3-13(11(17)18)6-7-15(9-13)10(16)12(8-14)4-5-12/h2-9,14H2,1H3,(H,17,18). The second-order valence-corrected chi connectivity index (χ2v) is 5.80. The van der Waals surface area contributed by atoms with E-state index in [4.69, 9.17) is 5.73 Å². The highest BCUT2D eigenvalue weighted by atomic mass is 16.4. The average Bonchev–Trinajstić information content (AvgIpc) is 3.03. The van der Waals surface area contributed by atoms with Gasteiger partial charge >= 0.3 is 5.97 Å². The molecular weight excluding hydrogens is 232 g/mol. The Hall–Kier alpha value is -1.10. The first-order valence-electron chi connectivity index (χ1n) is 6.72. The molecule has 3 N–H and O–H groups in total. The maximum absolute atomic E-state index is 12.3. The SMILES string of the molecule is CCCC1(C(=O)O)CCN(C(=O)C2(CN)CC2)C1. The molecule has 1 saturated heterocycles. The lowest BCUT2D eigenvalue weighted by Gasteiger charge is -2.26. The number of carboxylic acid groups (broad SMARTS) is 1. The summed E-state index contributed by atoms with van der Waals surface area (Å²) in [6.07, 6.45) is 3.75. The molecular formula is C13H22N2O3. The van der Waals surface area contributed by atoms with Gasteiger partial charge in [0.25, 0.3) is 0 Å². The van der Waals surface area contributed by atoms with Crippen LogP contribution in [0.2, 0.25) is 0 Å². The predicted molar refractivity (Wildman–Crippen MR) is 66.9 cm³/mol. The van der Waals surface area contributed by atoms with Gasteiger partial charge in [-0.25, -0.2) is 0 Å². The molecule has 0 aromatic heterocycles. The number of amides is 1. The van der Waals surface area contributed by atoms with Gasteiger partial charge in [-0.15, -0.1) is 0 Å². The van der Waals surface area contributed by atoms with Crippen LogP contribution in [0.5, 0.6) is 0 Å². The smallest absolute Gasteiger partial charge is 0.311 e. The summed E-state index contributed by atoms with van der Waals surface area (Å²) in [6.45, 7) is 3.29. The molecule has 18 heavy (non-hydrogen) atoms. The highest BCUT2D eigenvalue weighted by Gasteiger charge is 2.54. The summed E-state index contributed by atoms with van der Waals surface area (Å²) in [4.78, 5) is 25.5. The minimum absolute atomic E-state index is 0.0734. The minimum Gasteiger partial charge on any atom is -0.481 e. The minimum atomic E-state index is -0.766. The molecule has 0 aromatic carbocycles. The highest BCUT2D eigenvalue weighted by molar-refractivity contribution is 5.87. The van der Waals surface area contributed by atoms with E-state index in [1.807, 2.05) is 6.92 Å². The molecule has 0 spiro atoms. The normalized spacial score (nSPS) is 29.3. The molecule has 5 heteroatoms. The summed E-state index contributed by atoms with van der Waals surface area (Å²) in [5, 5.41) is 9.41. The Balaban J connectivity index is 2.07. The second-order valence-electron chi connectivity index (χ2n) is 5.80. The van der Waals surface area contributed by atoms with E-state index in [0.717, 1.165) is 19.3 Å². The van der Waals surface area contributed by atoms with Crippen molar-refractivity contribution in [2.75, 3.05) is 19.6 Å². The Morgan fingerprint density at radius 3 is 2.39 bits per heavy atom. The lowest BCUT2D eigenvalue weighted by molar-refractivity contribution is -0.149. The maximum Gasteiger partial charge on any atom is 0.311 e. The molecule has 2 rings (SSSR count). The third-order valence-electron chi connectivity index (χ3n) is 4.52. The number of hydrogen-bond acceptors (Lipinski definition) is 3. The zero-order chi connectivity index (χ0) is 13.4. The van der Waals surface area contributed by atoms with Gasteiger partial charge in [-0.1, -0.05) is 13.3 Å². The van der Waals surface area contributed by atoms with Crippen molar-refractivity contribution in [1.29, 1.82) is 0 Å². The van der Waals surface area contributed by atoms with Crippen molar-refractivity contribution in [2.24, 2.45) is 16.6 Å². The molecule has 1 aliphatic carbocycles. The first-order chi connectivity index (χ1) is 8.49. The summed E-state index contributed by atoms with van der Waals surface area (Å²) < 4.78 is 0. The molecule has 0 bridgehead atoms. The van der Waals surface area contributed by atoms with Crippen LogP contribution in [0.1, 0.15) is 39.0 Å². The number of rotatable bonds is 5. The Kier molecular flexibility index (Phi) is 3.36. The van der Waals surface area contributed by atoms with Gasteiger partial charge in [0.15, 0.2) is 0 Å². The van der Waals surface area contributed by atoms with Crippen molar-refractivity contribution >= 4 is 11.9 Å². The third kappa shape index (κ3) is 2.00. The van der Waals surface area contributed by atoms with Crippen molar-refractivity contribution in [3.05, 3.63) is 0 Å². The Labute approximate surface area is 107 Å². The Bertz CT molecular complexity index is 365. The van der Waals surface area contributed by atoms with E-state index in [1.165, 1.54) is 0 Å². The third-order valence-corrected chi connectivity index (χ3v) is 4.52. The van der Waals surface area contributed by atoms with Crippen LogP contribution in [0.4, 0.5) is 0 Å². The van der Waals surface area contributed by atoms with E-state index in [-0.39, 0.29) is 11.3 Å². The topological polar surface area (TPSA) is 83.6 Å². The summed E-state index contributed by atoms with van der Waals surface area (Å²) in [5.74, 6) is -0.693. The number of hydrogen-bond donors (Lipinski definition) is 2. The number of aliphatic carboxylic acids is 1. The summed E-state index contributed by atoms with van der Waals surface area (Å²) >= 11 is 0. The van der Waals surface area contributed by atoms with Gasteiger partial charge in [0.1, 0.15) is 0 Å². The Morgan fingerprint density at radius 2 is 1.94 bits per heavy atom. The van der Waals surface area contributed by atoms with E-state index < -0.39 is 11.4 Å². The second kappa shape index (κ2) is 4.53. The van der Waals surface area contributed by atoms with E-state index in [0.29, 0.717) is 32.5 Å². The van der Waals surface area contributed by atoms with Crippen LogP contribution in [-0.4, -0.2) is 41.5 Å². The van der Waals surface area contributed by atoms with Gasteiger partial charge < -0.3 is 15.7 Å². The molecule has 0 radical (unpaired) electrons. The molecule has 1 unspecified atom stereocenters. The molecule has 1 amide bonds. The van der Waals surface area contributed by atoms with Crippen LogP contribution >= 0.6 is 0 Å². The number of carbonyl (C=O) groups is 2. The van der Waals surface area contributed by atoms with Crippen molar-refractivity contribution in [3.63, 3.8) is 0 Å². The van der Waals surface area contributed by atoms with Gasteiger partial charge in [0, 0.05) is 19.6 Å². The van der Waals surface area contributed by atoms with Crippen LogP contribution in [0, 0.1) is 10.8 Å². The van der Waals surface area contributed by atoms with Gasteiger partial charge in [-0.2, -0.15) is 0 Å². The van der Waals surface area contributed by atoms with Crippen LogP contribution in [-0.2, 0) is 9.59 Å². The molecule has 1 atom stereocenters. The van der Waals surface area contributed by atoms with Crippen LogP contribution < -0.4 is 5.73 Å². The predicted octanol–water partition coefficient (Wildman–Crippen LogP) is 0.829. The van der Waals surface area contributed by atoms with Gasteiger partial charge in [-0.05, 0) is 25.7 Å². The molecule has 5 nitrogen and oxygen atoms in total. The summed E-state index contributed by atoms with van der Waals surface area (Å²) in [6, 6.07) is 0. The van der Waals surface area contributed by atoms with Gasteiger partial charge in [0.2, 0.25) is 5.91 Å².